The Labute approximate surface area is 198 Å². The van der Waals surface area contributed by atoms with Gasteiger partial charge in [0.1, 0.15) is 18.2 Å². The molecule has 2 unspecified atom stereocenters. The summed E-state index contributed by atoms with van der Waals surface area (Å²) in [6, 6.07) is -1.50. The minimum atomic E-state index is -0.764. The summed E-state index contributed by atoms with van der Waals surface area (Å²) in [7, 11) is 3.12. The van der Waals surface area contributed by atoms with Crippen molar-refractivity contribution in [2.24, 2.45) is 28.3 Å². The van der Waals surface area contributed by atoms with Crippen LogP contribution in [-0.4, -0.2) is 60.7 Å². The van der Waals surface area contributed by atoms with Crippen LogP contribution in [0.4, 0.5) is 0 Å². The van der Waals surface area contributed by atoms with Crippen LogP contribution in [0.2, 0.25) is 0 Å². The number of ether oxygens (including phenoxy) is 1. The average Bonchev–Trinajstić information content (AvgIpc) is 2.74. The van der Waals surface area contributed by atoms with Gasteiger partial charge >= 0.3 is 5.97 Å². The smallest absolute Gasteiger partial charge is 0.328 e. The molecule has 2 N–H and O–H groups in total. The Morgan fingerprint density at radius 3 is 1.94 bits per heavy atom. The molecule has 10 nitrogen and oxygen atoms in total. The first-order chi connectivity index (χ1) is 15.3. The summed E-state index contributed by atoms with van der Waals surface area (Å²) in [5.74, 6) is -1.52. The number of carbonyl (C=O) groups is 3. The number of nitrogens with zero attached hydrogens (tertiary/aromatic N) is 3. The van der Waals surface area contributed by atoms with E-state index >= 15 is 0 Å². The molecule has 190 valence electrons. The lowest BCUT2D eigenvalue weighted by Gasteiger charge is -2.30. The quantitative estimate of drug-likeness (QED) is 0.288. The van der Waals surface area contributed by atoms with Crippen molar-refractivity contribution in [2.45, 2.75) is 97.9 Å². The Morgan fingerprint density at radius 1 is 0.939 bits per heavy atom. The van der Waals surface area contributed by atoms with Crippen LogP contribution in [0.25, 0.3) is 0 Å². The predicted octanol–water partition coefficient (Wildman–Crippen LogP) is 3.03. The zero-order chi connectivity index (χ0) is 25.3. The Morgan fingerprint density at radius 2 is 1.48 bits per heavy atom. The molecule has 1 aliphatic rings. The molecule has 0 heterocycles. The lowest BCUT2D eigenvalue weighted by atomic mass is 9.86. The van der Waals surface area contributed by atoms with Crippen molar-refractivity contribution in [2.75, 3.05) is 14.2 Å². The third-order valence-electron chi connectivity index (χ3n) is 6.05. The molecule has 0 spiro atoms. The molecular weight excluding hydrogens is 426 g/mol. The fourth-order valence-electron chi connectivity index (χ4n) is 3.38. The van der Waals surface area contributed by atoms with E-state index < -0.39 is 18.1 Å². The van der Waals surface area contributed by atoms with Crippen LogP contribution in [0.5, 0.6) is 0 Å². The van der Waals surface area contributed by atoms with Crippen LogP contribution in [0.15, 0.2) is 10.5 Å². The zero-order valence-electron chi connectivity index (χ0n) is 21.7. The van der Waals surface area contributed by atoms with Crippen molar-refractivity contribution in [3.63, 3.8) is 0 Å². The van der Waals surface area contributed by atoms with E-state index in [9.17, 15) is 14.4 Å². The van der Waals surface area contributed by atoms with E-state index in [1.807, 2.05) is 55.5 Å². The standard InChI is InChI=1S/C23H43N5O5/c1-14(2)18(21(30)25-19(15(3)4)22(31)32-9)24-20(29)16-10-12-17(13-11-16)33-27-26-28(8)23(5,6)7/h14-19H,10-13H2,1-9H3,(H,24,29)(H,25,30)/b27-26+. The summed E-state index contributed by atoms with van der Waals surface area (Å²) in [5.41, 5.74) is -0.145. The molecule has 0 aromatic rings. The largest absolute Gasteiger partial charge is 0.467 e. The van der Waals surface area contributed by atoms with Gasteiger partial charge in [0.25, 0.3) is 0 Å². The van der Waals surface area contributed by atoms with Gasteiger partial charge in [-0.2, -0.15) is 0 Å². The summed E-state index contributed by atoms with van der Waals surface area (Å²) in [5, 5.41) is 15.2. The lowest BCUT2D eigenvalue weighted by Crippen LogP contribution is -2.56. The molecule has 1 saturated carbocycles. The van der Waals surface area contributed by atoms with Gasteiger partial charge < -0.3 is 20.2 Å². The Kier molecular flexibility index (Phi) is 11.1. The van der Waals surface area contributed by atoms with Crippen molar-refractivity contribution in [1.29, 1.82) is 0 Å². The van der Waals surface area contributed by atoms with Crippen LogP contribution >= 0.6 is 0 Å². The van der Waals surface area contributed by atoms with Gasteiger partial charge in [0.05, 0.1) is 12.6 Å². The minimum absolute atomic E-state index is 0.0813. The van der Waals surface area contributed by atoms with Crippen LogP contribution in [0, 0.1) is 17.8 Å². The number of amides is 2. The molecule has 10 heteroatoms. The maximum Gasteiger partial charge on any atom is 0.328 e. The average molecular weight is 470 g/mol. The van der Waals surface area contributed by atoms with Crippen molar-refractivity contribution in [3.8, 4) is 0 Å². The third kappa shape index (κ3) is 9.17. The van der Waals surface area contributed by atoms with E-state index in [0.717, 1.165) is 0 Å². The van der Waals surface area contributed by atoms with E-state index in [-0.39, 0.29) is 41.2 Å². The molecule has 2 atom stereocenters. The number of methoxy groups -OCH3 is 1. The maximum absolute atomic E-state index is 12.9. The second-order valence-electron chi connectivity index (χ2n) is 10.4. The Balaban J connectivity index is 2.62. The minimum Gasteiger partial charge on any atom is -0.467 e. The van der Waals surface area contributed by atoms with Crippen LogP contribution in [0.3, 0.4) is 0 Å². The van der Waals surface area contributed by atoms with E-state index in [0.29, 0.717) is 25.7 Å². The third-order valence-corrected chi connectivity index (χ3v) is 6.05. The molecule has 0 aliphatic heterocycles. The molecule has 1 aliphatic carbocycles. The van der Waals surface area contributed by atoms with Gasteiger partial charge in [-0.1, -0.05) is 27.7 Å². The van der Waals surface area contributed by atoms with Crippen LogP contribution in [-0.2, 0) is 24.0 Å². The maximum atomic E-state index is 12.9. The van der Waals surface area contributed by atoms with Gasteiger partial charge in [-0.05, 0) is 63.5 Å². The molecule has 0 aromatic carbocycles. The van der Waals surface area contributed by atoms with E-state index in [1.165, 1.54) is 7.11 Å². The molecule has 2 amide bonds. The molecule has 33 heavy (non-hydrogen) atoms. The SMILES string of the molecule is COC(=O)C(NC(=O)C(NC(=O)C1CCC(O/N=N/N(C)C(C)(C)C)CC1)C(C)C)C(C)C. The zero-order valence-corrected chi connectivity index (χ0v) is 21.7. The first kappa shape index (κ1) is 28.6. The van der Waals surface area contributed by atoms with Crippen LogP contribution in [0.1, 0.15) is 74.1 Å². The summed E-state index contributed by atoms with van der Waals surface area (Å²) in [6.07, 6.45) is 2.58. The second kappa shape index (κ2) is 12.7. The highest BCUT2D eigenvalue weighted by Gasteiger charge is 2.34. The van der Waals surface area contributed by atoms with Gasteiger partial charge in [0.2, 0.25) is 11.8 Å². The van der Waals surface area contributed by atoms with Crippen LogP contribution < -0.4 is 10.6 Å². The summed E-state index contributed by atoms with van der Waals surface area (Å²) in [4.78, 5) is 43.2. The number of carbonyl (C=O) groups excluding carboxylic acids is 3. The Hall–Kier alpha value is -2.39. The topological polar surface area (TPSA) is 122 Å². The second-order valence-corrected chi connectivity index (χ2v) is 10.4. The normalized spacial score (nSPS) is 20.9. The van der Waals surface area contributed by atoms with Gasteiger partial charge in [0, 0.05) is 18.2 Å². The van der Waals surface area contributed by atoms with E-state index in [2.05, 4.69) is 21.1 Å². The summed E-state index contributed by atoms with van der Waals surface area (Å²) in [6.45, 7) is 13.4. The van der Waals surface area contributed by atoms with Gasteiger partial charge in [-0.15, -0.1) is 0 Å². The molecule has 0 aromatic heterocycles. The highest BCUT2D eigenvalue weighted by molar-refractivity contribution is 5.91. The highest BCUT2D eigenvalue weighted by atomic mass is 16.7. The van der Waals surface area contributed by atoms with Crippen molar-refractivity contribution < 1.29 is 24.0 Å². The number of hydrogen-bond donors (Lipinski definition) is 2. The van der Waals surface area contributed by atoms with Crippen molar-refractivity contribution in [1.82, 2.24) is 15.6 Å². The first-order valence-corrected chi connectivity index (χ1v) is 11.8. The van der Waals surface area contributed by atoms with E-state index in [4.69, 9.17) is 9.57 Å². The number of nitrogens with one attached hydrogen (secondary N) is 2. The fourth-order valence-corrected chi connectivity index (χ4v) is 3.38. The molecule has 1 fully saturated rings. The predicted molar refractivity (Wildman–Crippen MR) is 125 cm³/mol. The number of esters is 1. The van der Waals surface area contributed by atoms with Crippen molar-refractivity contribution in [3.05, 3.63) is 0 Å². The molecule has 0 saturated heterocycles. The van der Waals surface area contributed by atoms with Gasteiger partial charge in [0.15, 0.2) is 0 Å². The van der Waals surface area contributed by atoms with E-state index in [1.54, 1.807) is 5.01 Å². The first-order valence-electron chi connectivity index (χ1n) is 11.8. The fraction of sp³-hybridized carbons (Fsp3) is 0.870. The molecular formula is C23H43N5O5. The number of hydrogen-bond acceptors (Lipinski definition) is 7. The van der Waals surface area contributed by atoms with Gasteiger partial charge in [-0.3, -0.25) is 14.6 Å². The van der Waals surface area contributed by atoms with Gasteiger partial charge in [-0.25, -0.2) is 4.79 Å². The number of rotatable bonds is 10. The monoisotopic (exact) mass is 469 g/mol. The van der Waals surface area contributed by atoms with Crippen molar-refractivity contribution >= 4 is 17.8 Å². The summed E-state index contributed by atoms with van der Waals surface area (Å²) < 4.78 is 4.79. The lowest BCUT2D eigenvalue weighted by molar-refractivity contribution is -0.147. The molecule has 0 radical (unpaired) electrons. The molecule has 0 bridgehead atoms. The highest BCUT2D eigenvalue weighted by Crippen LogP contribution is 2.27. The summed E-state index contributed by atoms with van der Waals surface area (Å²) >= 11 is 0. The molecule has 1 rings (SSSR count). The Bertz CT molecular complexity index is 681.